The van der Waals surface area contributed by atoms with Gasteiger partial charge in [0.2, 0.25) is 5.90 Å². The number of carbonyl (C=O) groups excluding carboxylic acids is 2. The maximum Gasteiger partial charge on any atom is 0.306 e. The molecule has 0 spiro atoms. The molecular formula is C33H37BrN2O6. The minimum absolute atomic E-state index is 0.0270. The lowest BCUT2D eigenvalue weighted by Gasteiger charge is -2.31. The van der Waals surface area contributed by atoms with E-state index in [2.05, 4.69) is 21.2 Å². The fourth-order valence-corrected chi connectivity index (χ4v) is 4.89. The van der Waals surface area contributed by atoms with Crippen molar-refractivity contribution in [1.29, 1.82) is 0 Å². The Balaban J connectivity index is 1.71. The molecule has 1 heterocycles. The van der Waals surface area contributed by atoms with Crippen molar-refractivity contribution in [3.63, 3.8) is 0 Å². The average molecular weight is 638 g/mol. The topological polar surface area (TPSA) is 106 Å². The molecule has 2 atom stereocenters. The Morgan fingerprint density at radius 3 is 2.36 bits per heavy atom. The van der Waals surface area contributed by atoms with Gasteiger partial charge in [0.15, 0.2) is 11.6 Å². The highest BCUT2D eigenvalue weighted by molar-refractivity contribution is 9.10. The third kappa shape index (κ3) is 8.20. The summed E-state index contributed by atoms with van der Waals surface area (Å²) in [5.74, 6) is 0.179. The van der Waals surface area contributed by atoms with Gasteiger partial charge in [0, 0.05) is 36.0 Å². The van der Waals surface area contributed by atoms with Crippen LogP contribution < -0.4 is 10.1 Å². The van der Waals surface area contributed by atoms with Crippen LogP contribution in [0.3, 0.4) is 0 Å². The van der Waals surface area contributed by atoms with E-state index in [1.54, 1.807) is 12.1 Å². The van der Waals surface area contributed by atoms with Crippen LogP contribution in [0.2, 0.25) is 0 Å². The number of carbonyl (C=O) groups is 2. The van der Waals surface area contributed by atoms with Crippen molar-refractivity contribution < 1.29 is 28.9 Å². The van der Waals surface area contributed by atoms with Gasteiger partial charge in [-0.1, -0.05) is 58.4 Å². The first-order valence-electron chi connectivity index (χ1n) is 14.0. The Kier molecular flexibility index (Phi) is 10.4. The number of aliphatic imine (C=N–C) groups is 1. The van der Waals surface area contributed by atoms with Crippen LogP contribution in [-0.2, 0) is 25.6 Å². The Labute approximate surface area is 255 Å². The van der Waals surface area contributed by atoms with Gasteiger partial charge in [0.1, 0.15) is 11.4 Å². The molecular weight excluding hydrogens is 600 g/mol. The van der Waals surface area contributed by atoms with Gasteiger partial charge in [-0.2, -0.15) is 0 Å². The van der Waals surface area contributed by atoms with E-state index >= 15 is 0 Å². The highest BCUT2D eigenvalue weighted by Crippen LogP contribution is 2.43. The SMILES string of the molecule is CC(C)(C)OC(=O)CC[C@@]1(C(=O)NCc2ccccc2)N=C(c2ccc(OCCCO)cc2)O[C@@H]1c1ccc(Br)cc1. The van der Waals surface area contributed by atoms with Crippen molar-refractivity contribution >= 4 is 33.7 Å². The molecule has 0 fully saturated rings. The summed E-state index contributed by atoms with van der Waals surface area (Å²) < 4.78 is 18.6. The smallest absolute Gasteiger partial charge is 0.306 e. The molecule has 1 aliphatic rings. The van der Waals surface area contributed by atoms with Crippen molar-refractivity contribution in [2.24, 2.45) is 4.99 Å². The highest BCUT2D eigenvalue weighted by atomic mass is 79.9. The van der Waals surface area contributed by atoms with Gasteiger partial charge in [-0.15, -0.1) is 0 Å². The molecule has 3 aromatic rings. The number of halogens is 1. The summed E-state index contributed by atoms with van der Waals surface area (Å²) in [6, 6.07) is 24.4. The molecule has 2 N–H and O–H groups in total. The van der Waals surface area contributed by atoms with Gasteiger partial charge in [0.25, 0.3) is 5.91 Å². The summed E-state index contributed by atoms with van der Waals surface area (Å²) in [6.07, 6.45) is -0.208. The normalized spacial score (nSPS) is 18.1. The first kappa shape index (κ1) is 31.3. The van der Waals surface area contributed by atoms with E-state index in [1.165, 1.54) is 0 Å². The van der Waals surface area contributed by atoms with Crippen LogP contribution in [0.15, 0.2) is 88.3 Å². The first-order valence-corrected chi connectivity index (χ1v) is 14.8. The fourth-order valence-electron chi connectivity index (χ4n) is 4.62. The molecule has 0 aliphatic carbocycles. The predicted octanol–water partition coefficient (Wildman–Crippen LogP) is 5.91. The molecule has 42 heavy (non-hydrogen) atoms. The third-order valence-corrected chi connectivity index (χ3v) is 7.16. The lowest BCUT2D eigenvalue weighted by molar-refractivity contribution is -0.155. The summed E-state index contributed by atoms with van der Waals surface area (Å²) in [5, 5.41) is 12.1. The van der Waals surface area contributed by atoms with Crippen LogP contribution in [0.5, 0.6) is 5.75 Å². The Bertz CT molecular complexity index is 1370. The number of aliphatic hydroxyl groups excluding tert-OH is 1. The molecule has 8 nitrogen and oxygen atoms in total. The summed E-state index contributed by atoms with van der Waals surface area (Å²) in [6.45, 7) is 6.18. The van der Waals surface area contributed by atoms with Crippen molar-refractivity contribution in [2.45, 2.75) is 63.8 Å². The molecule has 4 rings (SSSR count). The molecule has 9 heteroatoms. The number of ether oxygens (including phenoxy) is 3. The molecule has 0 saturated heterocycles. The van der Waals surface area contributed by atoms with Crippen LogP contribution in [0.4, 0.5) is 0 Å². The van der Waals surface area contributed by atoms with E-state index in [9.17, 15) is 9.59 Å². The number of rotatable bonds is 12. The number of esters is 1. The maximum absolute atomic E-state index is 14.2. The molecule has 0 aromatic heterocycles. The fraction of sp³-hybridized carbons (Fsp3) is 0.364. The third-order valence-electron chi connectivity index (χ3n) is 6.63. The Hall–Kier alpha value is -3.69. The van der Waals surface area contributed by atoms with Crippen molar-refractivity contribution in [2.75, 3.05) is 13.2 Å². The maximum atomic E-state index is 14.2. The van der Waals surface area contributed by atoms with Crippen LogP contribution in [-0.4, -0.2) is 47.2 Å². The summed E-state index contributed by atoms with van der Waals surface area (Å²) in [5.41, 5.74) is 0.257. The van der Waals surface area contributed by atoms with Crippen molar-refractivity contribution in [1.82, 2.24) is 5.32 Å². The molecule has 3 aromatic carbocycles. The van der Waals surface area contributed by atoms with E-state index in [0.29, 0.717) is 36.8 Å². The summed E-state index contributed by atoms with van der Waals surface area (Å²) in [4.78, 5) is 32.0. The number of aliphatic hydroxyl groups is 1. The van der Waals surface area contributed by atoms with Crippen molar-refractivity contribution in [3.8, 4) is 5.75 Å². The Morgan fingerprint density at radius 2 is 1.71 bits per heavy atom. The number of hydrogen-bond acceptors (Lipinski definition) is 7. The second kappa shape index (κ2) is 14.0. The molecule has 0 bridgehead atoms. The zero-order valence-electron chi connectivity index (χ0n) is 24.1. The standard InChI is InChI=1S/C33H37BrN2O6/c1-32(2,3)42-28(38)18-19-33(31(39)35-22-23-8-5-4-6-9-23)29(24-10-14-26(34)15-11-24)41-30(36-33)25-12-16-27(17-13-25)40-21-7-20-37/h4-6,8-17,29,37H,7,18-22H2,1-3H3,(H,35,39)/t29-,33-/m1/s1. The summed E-state index contributed by atoms with van der Waals surface area (Å²) >= 11 is 3.48. The molecule has 222 valence electrons. The second-order valence-electron chi connectivity index (χ2n) is 11.1. The van der Waals surface area contributed by atoms with Gasteiger partial charge in [0.05, 0.1) is 6.61 Å². The molecule has 0 radical (unpaired) electrons. The average Bonchev–Trinajstić information content (AvgIpc) is 3.36. The number of hydrogen-bond donors (Lipinski definition) is 2. The molecule has 0 saturated carbocycles. The molecule has 1 amide bonds. The van der Waals surface area contributed by atoms with Crippen molar-refractivity contribution in [3.05, 3.63) is 100 Å². The Morgan fingerprint density at radius 1 is 1.02 bits per heavy atom. The summed E-state index contributed by atoms with van der Waals surface area (Å²) in [7, 11) is 0. The number of nitrogens with zero attached hydrogens (tertiary/aromatic N) is 1. The predicted molar refractivity (Wildman–Crippen MR) is 164 cm³/mol. The number of nitrogens with one attached hydrogen (secondary N) is 1. The van der Waals surface area contributed by atoms with Crippen LogP contribution in [0.1, 0.15) is 62.8 Å². The van der Waals surface area contributed by atoms with Gasteiger partial charge in [-0.3, -0.25) is 9.59 Å². The molecule has 1 aliphatic heterocycles. The minimum Gasteiger partial charge on any atom is -0.494 e. The van der Waals surface area contributed by atoms with Gasteiger partial charge in [-0.05, 0) is 74.7 Å². The van der Waals surface area contributed by atoms with Gasteiger partial charge < -0.3 is 24.6 Å². The highest BCUT2D eigenvalue weighted by Gasteiger charge is 2.53. The van der Waals surface area contributed by atoms with E-state index in [0.717, 1.165) is 15.6 Å². The molecule has 0 unspecified atom stereocenters. The van der Waals surface area contributed by atoms with Crippen LogP contribution >= 0.6 is 15.9 Å². The number of benzene rings is 3. The number of amides is 1. The van der Waals surface area contributed by atoms with Gasteiger partial charge in [-0.25, -0.2) is 4.99 Å². The zero-order chi connectivity index (χ0) is 30.2. The second-order valence-corrected chi connectivity index (χ2v) is 12.0. The van der Waals surface area contributed by atoms with Gasteiger partial charge >= 0.3 is 5.97 Å². The van der Waals surface area contributed by atoms with E-state index < -0.39 is 23.2 Å². The quantitative estimate of drug-likeness (QED) is 0.189. The first-order chi connectivity index (χ1) is 20.1. The zero-order valence-corrected chi connectivity index (χ0v) is 25.7. The lowest BCUT2D eigenvalue weighted by atomic mass is 9.83. The monoisotopic (exact) mass is 636 g/mol. The van der Waals surface area contributed by atoms with E-state index in [-0.39, 0.29) is 25.4 Å². The van der Waals surface area contributed by atoms with E-state index in [4.69, 9.17) is 24.3 Å². The van der Waals surface area contributed by atoms with Crippen LogP contribution in [0.25, 0.3) is 0 Å². The largest absolute Gasteiger partial charge is 0.494 e. The lowest BCUT2D eigenvalue weighted by Crippen LogP contribution is -2.48. The minimum atomic E-state index is -1.44. The van der Waals surface area contributed by atoms with E-state index in [1.807, 2.05) is 87.5 Å². The van der Waals surface area contributed by atoms with Crippen LogP contribution in [0, 0.1) is 0 Å².